The molecule has 2 aliphatic rings. The Hall–Kier alpha value is -3.92. The van der Waals surface area contributed by atoms with Crippen LogP contribution in [0.1, 0.15) is 22.3 Å². The van der Waals surface area contributed by atoms with Crippen molar-refractivity contribution in [3.05, 3.63) is 65.7 Å². The molecule has 38 heavy (non-hydrogen) atoms. The molecule has 2 aromatic rings. The molecule has 2 heterocycles. The van der Waals surface area contributed by atoms with Crippen molar-refractivity contribution < 1.29 is 23.9 Å². The van der Waals surface area contributed by atoms with Crippen LogP contribution >= 0.6 is 0 Å². The van der Waals surface area contributed by atoms with Gasteiger partial charge < -0.3 is 30.1 Å². The molecule has 0 unspecified atom stereocenters. The first-order chi connectivity index (χ1) is 18.3. The standard InChI is InChI=1S/C28H35N5O5/c1-31-12-14-33(15-13-31)28(37)23-19-25(34)29-22(18-20-8-4-3-5-9-20)27(36)32(2)16-17-38-24-11-7-6-10-21(24)26(35)30-23/h3-11,22-23H,12-19H2,1-2H3,(H,29,34)(H,30,35)/t22-,23-/m0/s1. The molecule has 0 aromatic heterocycles. The van der Waals surface area contributed by atoms with E-state index >= 15 is 0 Å². The first-order valence-electron chi connectivity index (χ1n) is 12.9. The van der Waals surface area contributed by atoms with Gasteiger partial charge in [0, 0.05) is 39.6 Å². The molecule has 0 aliphatic carbocycles. The number of likely N-dealkylation sites (N-methyl/N-ethyl adjacent to an activating group) is 2. The Labute approximate surface area is 222 Å². The number of para-hydroxylation sites is 1. The molecule has 4 amide bonds. The summed E-state index contributed by atoms with van der Waals surface area (Å²) < 4.78 is 5.88. The van der Waals surface area contributed by atoms with E-state index < -0.39 is 23.9 Å². The number of hydrogen-bond donors (Lipinski definition) is 2. The molecule has 10 heteroatoms. The monoisotopic (exact) mass is 521 g/mol. The summed E-state index contributed by atoms with van der Waals surface area (Å²) in [5, 5.41) is 5.60. The van der Waals surface area contributed by atoms with Gasteiger partial charge in [0.15, 0.2) is 0 Å². The molecule has 1 fully saturated rings. The zero-order valence-corrected chi connectivity index (χ0v) is 21.9. The molecular formula is C28H35N5O5. The highest BCUT2D eigenvalue weighted by molar-refractivity contribution is 6.01. The van der Waals surface area contributed by atoms with Gasteiger partial charge in [-0.05, 0) is 24.7 Å². The van der Waals surface area contributed by atoms with Gasteiger partial charge in [-0.2, -0.15) is 0 Å². The van der Waals surface area contributed by atoms with E-state index in [4.69, 9.17) is 4.74 Å². The van der Waals surface area contributed by atoms with Crippen LogP contribution in [0.4, 0.5) is 0 Å². The number of hydrogen-bond acceptors (Lipinski definition) is 6. The van der Waals surface area contributed by atoms with Crippen molar-refractivity contribution in [2.24, 2.45) is 0 Å². The van der Waals surface area contributed by atoms with Crippen molar-refractivity contribution in [3.8, 4) is 5.75 Å². The Morgan fingerprint density at radius 3 is 2.32 bits per heavy atom. The van der Waals surface area contributed by atoms with Gasteiger partial charge >= 0.3 is 0 Å². The molecular weight excluding hydrogens is 486 g/mol. The van der Waals surface area contributed by atoms with Crippen molar-refractivity contribution in [2.45, 2.75) is 24.9 Å². The molecule has 2 aromatic carbocycles. The molecule has 0 saturated carbocycles. The van der Waals surface area contributed by atoms with Gasteiger partial charge in [-0.1, -0.05) is 42.5 Å². The number of benzene rings is 2. The minimum atomic E-state index is -1.09. The highest BCUT2D eigenvalue weighted by Gasteiger charge is 2.33. The number of piperazine rings is 1. The summed E-state index contributed by atoms with van der Waals surface area (Å²) in [5.41, 5.74) is 1.15. The fourth-order valence-corrected chi connectivity index (χ4v) is 4.62. The summed E-state index contributed by atoms with van der Waals surface area (Å²) in [5.74, 6) is -1.22. The maximum absolute atomic E-state index is 13.5. The second-order valence-corrected chi connectivity index (χ2v) is 9.77. The first-order valence-corrected chi connectivity index (χ1v) is 12.9. The first kappa shape index (κ1) is 27.1. The summed E-state index contributed by atoms with van der Waals surface area (Å²) >= 11 is 0. The van der Waals surface area contributed by atoms with Crippen molar-refractivity contribution in [1.82, 2.24) is 25.3 Å². The summed E-state index contributed by atoms with van der Waals surface area (Å²) in [7, 11) is 3.64. The third-order valence-electron chi connectivity index (χ3n) is 6.92. The number of carbonyl (C=O) groups excluding carboxylic acids is 4. The van der Waals surface area contributed by atoms with Gasteiger partial charge in [0.2, 0.25) is 17.7 Å². The van der Waals surface area contributed by atoms with E-state index in [2.05, 4.69) is 15.5 Å². The molecule has 4 rings (SSSR count). The van der Waals surface area contributed by atoms with Crippen LogP contribution in [0.5, 0.6) is 5.75 Å². The van der Waals surface area contributed by atoms with Gasteiger partial charge in [-0.3, -0.25) is 19.2 Å². The normalized spacial score (nSPS) is 22.0. The molecule has 0 bridgehead atoms. The lowest BCUT2D eigenvalue weighted by Gasteiger charge is -2.35. The lowest BCUT2D eigenvalue weighted by Crippen LogP contribution is -2.56. The lowest BCUT2D eigenvalue weighted by atomic mass is 10.0. The second-order valence-electron chi connectivity index (χ2n) is 9.77. The molecule has 2 aliphatic heterocycles. The Morgan fingerprint density at radius 2 is 1.58 bits per heavy atom. The van der Waals surface area contributed by atoms with E-state index in [0.717, 1.165) is 5.56 Å². The predicted octanol–water partition coefficient (Wildman–Crippen LogP) is 0.527. The predicted molar refractivity (Wildman–Crippen MR) is 142 cm³/mol. The number of nitrogens with one attached hydrogen (secondary N) is 2. The number of amides is 4. The smallest absolute Gasteiger partial charge is 0.255 e. The van der Waals surface area contributed by atoms with Crippen LogP contribution in [0.25, 0.3) is 0 Å². The lowest BCUT2D eigenvalue weighted by molar-refractivity contribution is -0.138. The summed E-state index contributed by atoms with van der Waals surface area (Å²) in [4.78, 5) is 58.7. The fraction of sp³-hybridized carbons (Fsp3) is 0.429. The van der Waals surface area contributed by atoms with Crippen LogP contribution in [0.3, 0.4) is 0 Å². The van der Waals surface area contributed by atoms with Crippen molar-refractivity contribution in [1.29, 1.82) is 0 Å². The Kier molecular flexibility index (Phi) is 8.96. The van der Waals surface area contributed by atoms with Crippen LogP contribution in [0.2, 0.25) is 0 Å². The van der Waals surface area contributed by atoms with Gasteiger partial charge in [-0.25, -0.2) is 0 Å². The van der Waals surface area contributed by atoms with E-state index in [1.807, 2.05) is 37.4 Å². The van der Waals surface area contributed by atoms with Gasteiger partial charge in [0.25, 0.3) is 5.91 Å². The van der Waals surface area contributed by atoms with Crippen molar-refractivity contribution in [2.75, 3.05) is 53.4 Å². The van der Waals surface area contributed by atoms with Crippen molar-refractivity contribution >= 4 is 23.6 Å². The minimum Gasteiger partial charge on any atom is -0.491 e. The molecule has 10 nitrogen and oxygen atoms in total. The minimum absolute atomic E-state index is 0.155. The number of rotatable bonds is 3. The van der Waals surface area contributed by atoms with Gasteiger partial charge in [0.05, 0.1) is 18.5 Å². The number of ether oxygens (including phenoxy) is 1. The summed E-state index contributed by atoms with van der Waals surface area (Å²) in [6, 6.07) is 14.2. The summed E-state index contributed by atoms with van der Waals surface area (Å²) in [6.45, 7) is 2.83. The Morgan fingerprint density at radius 1 is 0.895 bits per heavy atom. The Balaban J connectivity index is 1.62. The highest BCUT2D eigenvalue weighted by atomic mass is 16.5. The fourth-order valence-electron chi connectivity index (χ4n) is 4.62. The molecule has 202 valence electrons. The average Bonchev–Trinajstić information content (AvgIpc) is 2.92. The SMILES string of the molecule is CN1CCN(C(=O)[C@@H]2CC(=O)N[C@@H](Cc3ccccc3)C(=O)N(C)CCOc3ccccc3C(=O)N2)CC1. The molecule has 0 spiro atoms. The van der Waals surface area contributed by atoms with Gasteiger partial charge in [0.1, 0.15) is 24.4 Å². The van der Waals surface area contributed by atoms with E-state index in [9.17, 15) is 19.2 Å². The third-order valence-corrected chi connectivity index (χ3v) is 6.92. The number of fused-ring (bicyclic) bond motifs is 1. The van der Waals surface area contributed by atoms with Crippen LogP contribution < -0.4 is 15.4 Å². The summed E-state index contributed by atoms with van der Waals surface area (Å²) in [6.07, 6.45) is 0.00506. The largest absolute Gasteiger partial charge is 0.491 e. The molecule has 2 N–H and O–H groups in total. The quantitative estimate of drug-likeness (QED) is 0.610. The van der Waals surface area contributed by atoms with E-state index in [1.165, 1.54) is 4.90 Å². The third kappa shape index (κ3) is 6.89. The van der Waals surface area contributed by atoms with Gasteiger partial charge in [-0.15, -0.1) is 0 Å². The van der Waals surface area contributed by atoms with Crippen LogP contribution in [0.15, 0.2) is 54.6 Å². The second kappa shape index (κ2) is 12.6. The van der Waals surface area contributed by atoms with Crippen LogP contribution in [-0.4, -0.2) is 104 Å². The van der Waals surface area contributed by atoms with E-state index in [-0.39, 0.29) is 37.0 Å². The highest BCUT2D eigenvalue weighted by Crippen LogP contribution is 2.19. The Bertz CT molecular complexity index is 1150. The zero-order chi connectivity index (χ0) is 27.1. The topological polar surface area (TPSA) is 111 Å². The average molecular weight is 522 g/mol. The van der Waals surface area contributed by atoms with Crippen LogP contribution in [0, 0.1) is 0 Å². The molecule has 0 radical (unpaired) electrons. The van der Waals surface area contributed by atoms with Crippen molar-refractivity contribution in [3.63, 3.8) is 0 Å². The van der Waals surface area contributed by atoms with E-state index in [1.54, 1.807) is 36.2 Å². The molecule has 2 atom stereocenters. The maximum atomic E-state index is 13.5. The maximum Gasteiger partial charge on any atom is 0.255 e. The number of nitrogens with zero attached hydrogens (tertiary/aromatic N) is 3. The zero-order valence-electron chi connectivity index (χ0n) is 21.9. The van der Waals surface area contributed by atoms with Crippen LogP contribution in [-0.2, 0) is 20.8 Å². The molecule has 1 saturated heterocycles. The number of carbonyl (C=O) groups is 4. The van der Waals surface area contributed by atoms with E-state index in [0.29, 0.717) is 38.3 Å².